The van der Waals surface area contributed by atoms with Crippen molar-refractivity contribution in [3.8, 4) is 0 Å². The highest BCUT2D eigenvalue weighted by atomic mass is 79.9. The van der Waals surface area contributed by atoms with Crippen molar-refractivity contribution in [2.45, 2.75) is 39.3 Å². The Bertz CT molecular complexity index is 626. The van der Waals surface area contributed by atoms with Crippen molar-refractivity contribution in [2.24, 2.45) is 5.92 Å². The molecule has 22 heavy (non-hydrogen) atoms. The van der Waals surface area contributed by atoms with Crippen molar-refractivity contribution in [1.29, 1.82) is 0 Å². The molecule has 4 nitrogen and oxygen atoms in total. The maximum absolute atomic E-state index is 12.7. The second-order valence-corrected chi connectivity index (χ2v) is 6.82. The van der Waals surface area contributed by atoms with Gasteiger partial charge >= 0.3 is 5.97 Å². The van der Waals surface area contributed by atoms with Gasteiger partial charge in [0.2, 0.25) is 5.91 Å². The van der Waals surface area contributed by atoms with E-state index in [-0.39, 0.29) is 11.8 Å². The summed E-state index contributed by atoms with van der Waals surface area (Å²) in [5.74, 6) is -1.34. The summed E-state index contributed by atoms with van der Waals surface area (Å²) in [5.41, 5.74) is 2.90. The summed E-state index contributed by atoms with van der Waals surface area (Å²) in [4.78, 5) is 25.8. The largest absolute Gasteiger partial charge is 0.480 e. The predicted molar refractivity (Wildman–Crippen MR) is 88.4 cm³/mol. The van der Waals surface area contributed by atoms with Crippen molar-refractivity contribution in [2.75, 3.05) is 0 Å². The number of allylic oxidation sites excluding steroid dienone is 1. The van der Waals surface area contributed by atoms with E-state index in [1.165, 1.54) is 4.90 Å². The molecule has 0 saturated carbocycles. The van der Waals surface area contributed by atoms with Crippen molar-refractivity contribution in [1.82, 2.24) is 4.90 Å². The normalized spacial score (nSPS) is 18.5. The summed E-state index contributed by atoms with van der Waals surface area (Å²) >= 11 is 3.47. The molecule has 2 atom stereocenters. The average molecular weight is 366 g/mol. The van der Waals surface area contributed by atoms with E-state index in [4.69, 9.17) is 0 Å². The summed E-state index contributed by atoms with van der Waals surface area (Å²) in [6, 6.07) is 4.94. The van der Waals surface area contributed by atoms with E-state index >= 15 is 0 Å². The molecule has 0 bridgehead atoms. The van der Waals surface area contributed by atoms with Gasteiger partial charge in [-0.3, -0.25) is 4.79 Å². The van der Waals surface area contributed by atoms with Gasteiger partial charge in [-0.1, -0.05) is 40.6 Å². The molecule has 0 aliphatic carbocycles. The van der Waals surface area contributed by atoms with Crippen LogP contribution in [-0.4, -0.2) is 27.9 Å². The lowest BCUT2D eigenvalue weighted by atomic mass is 9.92. The molecule has 0 aromatic heterocycles. The molecule has 118 valence electrons. The van der Waals surface area contributed by atoms with Gasteiger partial charge in [0.15, 0.2) is 0 Å². The number of amides is 1. The lowest BCUT2D eigenvalue weighted by Crippen LogP contribution is -2.50. The fraction of sp³-hybridized carbons (Fsp3) is 0.412. The van der Waals surface area contributed by atoms with Crippen LogP contribution in [0.15, 0.2) is 34.8 Å². The fourth-order valence-electron chi connectivity index (χ4n) is 2.92. The number of nitrogens with zero attached hydrogens (tertiary/aromatic N) is 1. The Morgan fingerprint density at radius 3 is 2.77 bits per heavy atom. The highest BCUT2D eigenvalue weighted by Crippen LogP contribution is 2.31. The first-order chi connectivity index (χ1) is 10.3. The van der Waals surface area contributed by atoms with Gasteiger partial charge in [-0.2, -0.15) is 0 Å². The number of carboxylic acids is 1. The predicted octanol–water partition coefficient (Wildman–Crippen LogP) is 3.39. The Balaban J connectivity index is 2.31. The molecular weight excluding hydrogens is 346 g/mol. The van der Waals surface area contributed by atoms with Crippen LogP contribution in [0.1, 0.15) is 31.4 Å². The maximum atomic E-state index is 12.7. The highest BCUT2D eigenvalue weighted by Gasteiger charge is 2.36. The molecule has 1 N–H and O–H groups in total. The summed E-state index contributed by atoms with van der Waals surface area (Å²) in [6.07, 6.45) is 0.907. The number of hydrogen-bond acceptors (Lipinski definition) is 2. The third-order valence-corrected chi connectivity index (χ3v) is 4.72. The minimum Gasteiger partial charge on any atom is -0.480 e. The van der Waals surface area contributed by atoms with E-state index in [1.54, 1.807) is 0 Å². The van der Waals surface area contributed by atoms with E-state index in [9.17, 15) is 14.7 Å². The second-order valence-electron chi connectivity index (χ2n) is 5.96. The number of carboxylic acid groups (broad SMARTS) is 1. The highest BCUT2D eigenvalue weighted by molar-refractivity contribution is 9.10. The van der Waals surface area contributed by atoms with Gasteiger partial charge < -0.3 is 10.0 Å². The van der Waals surface area contributed by atoms with Crippen molar-refractivity contribution >= 4 is 27.8 Å². The van der Waals surface area contributed by atoms with E-state index < -0.39 is 12.0 Å². The fourth-order valence-corrected chi connectivity index (χ4v) is 3.49. The number of aliphatic carboxylic acids is 1. The van der Waals surface area contributed by atoms with Gasteiger partial charge in [0.05, 0.1) is 0 Å². The van der Waals surface area contributed by atoms with Gasteiger partial charge in [-0.25, -0.2) is 4.79 Å². The molecule has 2 rings (SSSR count). The van der Waals surface area contributed by atoms with Gasteiger partial charge in [0.1, 0.15) is 6.04 Å². The Hall–Kier alpha value is -1.62. The molecule has 1 aromatic carbocycles. The molecule has 1 aliphatic heterocycles. The van der Waals surface area contributed by atoms with E-state index in [0.717, 1.165) is 21.2 Å². The first-order valence-corrected chi connectivity index (χ1v) is 8.04. The number of hydrogen-bond donors (Lipinski definition) is 1. The Kier molecular flexibility index (Phi) is 5.06. The number of carbonyl (C=O) groups excluding carboxylic acids is 1. The lowest BCUT2D eigenvalue weighted by molar-refractivity contribution is -0.153. The first kappa shape index (κ1) is 16.7. The molecule has 0 radical (unpaired) electrons. The van der Waals surface area contributed by atoms with Crippen LogP contribution in [0.3, 0.4) is 0 Å². The smallest absolute Gasteiger partial charge is 0.326 e. The van der Waals surface area contributed by atoms with Crippen molar-refractivity contribution in [3.63, 3.8) is 0 Å². The molecule has 0 saturated heterocycles. The molecule has 5 heteroatoms. The SMILES string of the molecule is C=C(C)CC(C)C(=O)N1Cc2cccc(Br)c2CC1C(=O)O. The monoisotopic (exact) mass is 365 g/mol. The number of fused-ring (bicyclic) bond motifs is 1. The van der Waals surface area contributed by atoms with Gasteiger partial charge in [-0.05, 0) is 30.5 Å². The quantitative estimate of drug-likeness (QED) is 0.831. The Labute approximate surface area is 138 Å². The maximum Gasteiger partial charge on any atom is 0.326 e. The molecule has 0 fully saturated rings. The second kappa shape index (κ2) is 6.65. The number of rotatable bonds is 4. The number of halogens is 1. The van der Waals surface area contributed by atoms with Gasteiger partial charge in [-0.15, -0.1) is 6.58 Å². The summed E-state index contributed by atoms with van der Waals surface area (Å²) < 4.78 is 0.901. The van der Waals surface area contributed by atoms with Crippen LogP contribution in [0.4, 0.5) is 0 Å². The van der Waals surface area contributed by atoms with Crippen molar-refractivity contribution in [3.05, 3.63) is 46.0 Å². The van der Waals surface area contributed by atoms with Crippen LogP contribution in [0, 0.1) is 5.92 Å². The van der Waals surface area contributed by atoms with E-state index in [1.807, 2.05) is 32.0 Å². The molecule has 1 aromatic rings. The zero-order chi connectivity index (χ0) is 16.4. The summed E-state index contributed by atoms with van der Waals surface area (Å²) in [6.45, 7) is 7.87. The number of benzene rings is 1. The minimum absolute atomic E-state index is 0.124. The van der Waals surface area contributed by atoms with Crippen LogP contribution in [0.2, 0.25) is 0 Å². The first-order valence-electron chi connectivity index (χ1n) is 7.25. The van der Waals surface area contributed by atoms with Crippen molar-refractivity contribution < 1.29 is 14.7 Å². The Morgan fingerprint density at radius 1 is 1.50 bits per heavy atom. The summed E-state index contributed by atoms with van der Waals surface area (Å²) in [7, 11) is 0. The topological polar surface area (TPSA) is 57.6 Å². The molecular formula is C17H20BrNO3. The zero-order valence-corrected chi connectivity index (χ0v) is 14.4. The van der Waals surface area contributed by atoms with Crippen LogP contribution in [0.25, 0.3) is 0 Å². The minimum atomic E-state index is -0.961. The molecule has 1 heterocycles. The third-order valence-electron chi connectivity index (χ3n) is 3.97. The van der Waals surface area contributed by atoms with Crippen LogP contribution in [0.5, 0.6) is 0 Å². The van der Waals surface area contributed by atoms with E-state index in [2.05, 4.69) is 22.5 Å². The molecule has 0 spiro atoms. The van der Waals surface area contributed by atoms with Crippen LogP contribution in [-0.2, 0) is 22.6 Å². The third kappa shape index (κ3) is 3.40. The lowest BCUT2D eigenvalue weighted by Gasteiger charge is -2.36. The van der Waals surface area contributed by atoms with Crippen LogP contribution >= 0.6 is 15.9 Å². The van der Waals surface area contributed by atoms with Crippen LogP contribution < -0.4 is 0 Å². The van der Waals surface area contributed by atoms with E-state index in [0.29, 0.717) is 19.4 Å². The molecule has 1 aliphatic rings. The standard InChI is InChI=1S/C17H20BrNO3/c1-10(2)7-11(3)16(20)19-9-12-5-4-6-14(18)13(12)8-15(19)17(21)22/h4-6,11,15H,1,7-9H2,2-3H3,(H,21,22). The average Bonchev–Trinajstić information content (AvgIpc) is 2.44. The van der Waals surface area contributed by atoms with Gasteiger partial charge in [0.25, 0.3) is 0 Å². The molecule has 1 amide bonds. The number of carbonyl (C=O) groups is 2. The summed E-state index contributed by atoms with van der Waals surface area (Å²) in [5, 5.41) is 9.51. The molecule has 2 unspecified atom stereocenters. The van der Waals surface area contributed by atoms with Gasteiger partial charge in [0, 0.05) is 23.4 Å². The Morgan fingerprint density at radius 2 is 2.18 bits per heavy atom. The zero-order valence-electron chi connectivity index (χ0n) is 12.8.